The summed E-state index contributed by atoms with van der Waals surface area (Å²) < 4.78 is 5.22. The molecule has 1 atom stereocenters. The Bertz CT molecular complexity index is 551. The lowest BCUT2D eigenvalue weighted by Crippen LogP contribution is -2.40. The Balaban J connectivity index is 1.53. The van der Waals surface area contributed by atoms with Crippen LogP contribution in [0.5, 0.6) is 0 Å². The van der Waals surface area contributed by atoms with Crippen molar-refractivity contribution in [2.75, 3.05) is 6.54 Å². The molecule has 1 saturated carbocycles. The fraction of sp³-hybridized carbons (Fsp3) is 0.733. The summed E-state index contributed by atoms with van der Waals surface area (Å²) in [6.07, 6.45) is 6.50. The monoisotopic (exact) mass is 307 g/mol. The van der Waals surface area contributed by atoms with Crippen molar-refractivity contribution in [3.63, 3.8) is 0 Å². The van der Waals surface area contributed by atoms with Gasteiger partial charge in [-0.1, -0.05) is 18.0 Å². The molecule has 7 heteroatoms. The van der Waals surface area contributed by atoms with Crippen molar-refractivity contribution < 1.29 is 19.2 Å². The van der Waals surface area contributed by atoms with Gasteiger partial charge in [0.15, 0.2) is 5.82 Å². The summed E-state index contributed by atoms with van der Waals surface area (Å²) in [7, 11) is 0. The molecule has 1 aliphatic carbocycles. The summed E-state index contributed by atoms with van der Waals surface area (Å²) >= 11 is 0. The van der Waals surface area contributed by atoms with E-state index in [0.717, 1.165) is 25.1 Å². The normalized spacial score (nSPS) is 22.4. The van der Waals surface area contributed by atoms with Crippen LogP contribution in [0.25, 0.3) is 0 Å². The third-order valence-corrected chi connectivity index (χ3v) is 4.62. The van der Waals surface area contributed by atoms with Crippen LogP contribution in [0.2, 0.25) is 0 Å². The molecule has 0 radical (unpaired) electrons. The molecule has 0 unspecified atom stereocenters. The van der Waals surface area contributed by atoms with E-state index in [1.807, 2.05) is 0 Å². The second kappa shape index (κ2) is 6.46. The summed E-state index contributed by atoms with van der Waals surface area (Å²) in [5.74, 6) is 0.548. The number of aromatic nitrogens is 2. The van der Waals surface area contributed by atoms with E-state index in [9.17, 15) is 9.59 Å². The van der Waals surface area contributed by atoms with E-state index in [4.69, 9.17) is 9.63 Å². The number of aliphatic carboxylic acids is 1. The molecule has 3 rings (SSSR count). The Hall–Kier alpha value is -1.92. The minimum Gasteiger partial charge on any atom is -0.480 e. The number of carbonyl (C=O) groups excluding carboxylic acids is 1. The van der Waals surface area contributed by atoms with Gasteiger partial charge in [-0.2, -0.15) is 4.98 Å². The van der Waals surface area contributed by atoms with Crippen molar-refractivity contribution in [3.05, 3.63) is 11.7 Å². The van der Waals surface area contributed by atoms with Gasteiger partial charge in [0, 0.05) is 25.3 Å². The van der Waals surface area contributed by atoms with E-state index in [1.54, 1.807) is 0 Å². The minimum absolute atomic E-state index is 0.148. The Morgan fingerprint density at radius 2 is 2.00 bits per heavy atom. The van der Waals surface area contributed by atoms with Crippen molar-refractivity contribution >= 4 is 11.9 Å². The predicted molar refractivity (Wildman–Crippen MR) is 76.2 cm³/mol. The molecule has 0 spiro atoms. The van der Waals surface area contributed by atoms with E-state index in [0.29, 0.717) is 31.2 Å². The largest absolute Gasteiger partial charge is 0.480 e. The van der Waals surface area contributed by atoms with Gasteiger partial charge in [0.1, 0.15) is 6.04 Å². The molecule has 120 valence electrons. The predicted octanol–water partition coefficient (Wildman–Crippen LogP) is 1.74. The Morgan fingerprint density at radius 3 is 2.73 bits per heavy atom. The Labute approximate surface area is 128 Å². The average molecular weight is 307 g/mol. The highest BCUT2D eigenvalue weighted by atomic mass is 16.5. The van der Waals surface area contributed by atoms with Crippen LogP contribution in [0.1, 0.15) is 62.6 Å². The molecular weight excluding hydrogens is 286 g/mol. The zero-order valence-corrected chi connectivity index (χ0v) is 12.5. The van der Waals surface area contributed by atoms with E-state index >= 15 is 0 Å². The highest BCUT2D eigenvalue weighted by molar-refractivity contribution is 5.84. The van der Waals surface area contributed by atoms with Gasteiger partial charge in [-0.3, -0.25) is 4.79 Å². The zero-order chi connectivity index (χ0) is 15.5. The van der Waals surface area contributed by atoms with Gasteiger partial charge in [-0.15, -0.1) is 0 Å². The lowest BCUT2D eigenvalue weighted by Gasteiger charge is -2.20. The zero-order valence-electron chi connectivity index (χ0n) is 12.5. The van der Waals surface area contributed by atoms with Crippen LogP contribution in [-0.2, 0) is 16.0 Å². The molecule has 2 heterocycles. The molecule has 1 amide bonds. The number of nitrogens with zero attached hydrogens (tertiary/aromatic N) is 3. The van der Waals surface area contributed by atoms with Crippen LogP contribution in [-0.4, -0.2) is 44.6 Å². The second-order valence-electron chi connectivity index (χ2n) is 6.11. The van der Waals surface area contributed by atoms with Crippen LogP contribution >= 0.6 is 0 Å². The van der Waals surface area contributed by atoms with Crippen LogP contribution in [0.15, 0.2) is 4.52 Å². The maximum atomic E-state index is 12.2. The molecule has 1 aliphatic heterocycles. The molecule has 1 aromatic rings. The van der Waals surface area contributed by atoms with Gasteiger partial charge in [0.05, 0.1) is 0 Å². The van der Waals surface area contributed by atoms with Crippen molar-refractivity contribution in [1.82, 2.24) is 15.0 Å². The fourth-order valence-corrected chi connectivity index (χ4v) is 3.40. The highest BCUT2D eigenvalue weighted by Crippen LogP contribution is 2.32. The number of rotatable bonds is 5. The summed E-state index contributed by atoms with van der Waals surface area (Å²) in [5.41, 5.74) is 0. The molecule has 2 aliphatic rings. The molecule has 1 N–H and O–H groups in total. The number of hydrogen-bond donors (Lipinski definition) is 1. The average Bonchev–Trinajstić information content (AvgIpc) is 3.23. The topological polar surface area (TPSA) is 96.5 Å². The van der Waals surface area contributed by atoms with Gasteiger partial charge in [-0.25, -0.2) is 4.79 Å². The smallest absolute Gasteiger partial charge is 0.326 e. The van der Waals surface area contributed by atoms with Gasteiger partial charge in [0.2, 0.25) is 11.8 Å². The number of likely N-dealkylation sites (tertiary alicyclic amines) is 1. The number of carboxylic acid groups (broad SMARTS) is 1. The van der Waals surface area contributed by atoms with E-state index in [2.05, 4.69) is 10.1 Å². The van der Waals surface area contributed by atoms with Gasteiger partial charge in [-0.05, 0) is 25.7 Å². The van der Waals surface area contributed by atoms with E-state index in [-0.39, 0.29) is 12.3 Å². The first kappa shape index (κ1) is 15.0. The summed E-state index contributed by atoms with van der Waals surface area (Å²) in [5, 5.41) is 13.1. The molecule has 7 nitrogen and oxygen atoms in total. The molecule has 2 fully saturated rings. The summed E-state index contributed by atoms with van der Waals surface area (Å²) in [4.78, 5) is 29.1. The number of aryl methyl sites for hydroxylation is 1. The van der Waals surface area contributed by atoms with E-state index < -0.39 is 12.0 Å². The van der Waals surface area contributed by atoms with Gasteiger partial charge < -0.3 is 14.5 Å². The van der Waals surface area contributed by atoms with Crippen LogP contribution in [0.4, 0.5) is 0 Å². The number of amides is 1. The number of carboxylic acids is 1. The first-order valence-electron chi connectivity index (χ1n) is 8.00. The van der Waals surface area contributed by atoms with Crippen LogP contribution in [0, 0.1) is 0 Å². The molecular formula is C15H21N3O4. The second-order valence-corrected chi connectivity index (χ2v) is 6.11. The quantitative estimate of drug-likeness (QED) is 0.890. The molecule has 1 aromatic heterocycles. The third-order valence-electron chi connectivity index (χ3n) is 4.62. The maximum Gasteiger partial charge on any atom is 0.326 e. The minimum atomic E-state index is -0.924. The Kier molecular flexibility index (Phi) is 4.40. The molecule has 22 heavy (non-hydrogen) atoms. The van der Waals surface area contributed by atoms with Gasteiger partial charge in [0.25, 0.3) is 0 Å². The molecule has 1 saturated heterocycles. The number of hydrogen-bond acceptors (Lipinski definition) is 5. The fourth-order valence-electron chi connectivity index (χ4n) is 3.40. The van der Waals surface area contributed by atoms with Gasteiger partial charge >= 0.3 is 5.97 Å². The highest BCUT2D eigenvalue weighted by Gasteiger charge is 2.33. The van der Waals surface area contributed by atoms with Crippen molar-refractivity contribution in [1.29, 1.82) is 0 Å². The third kappa shape index (κ3) is 3.13. The lowest BCUT2D eigenvalue weighted by atomic mass is 10.1. The van der Waals surface area contributed by atoms with Crippen LogP contribution < -0.4 is 0 Å². The standard InChI is InChI=1S/C15H21N3O4/c19-13(18-9-3-6-11(18)15(20)21)8-7-12-16-14(17-22-12)10-4-1-2-5-10/h10-11H,1-9H2,(H,20,21)/t11-/m0/s1. The van der Waals surface area contributed by atoms with Crippen molar-refractivity contribution in [2.45, 2.75) is 63.3 Å². The number of carbonyl (C=O) groups is 2. The lowest BCUT2D eigenvalue weighted by molar-refractivity contribution is -0.148. The summed E-state index contributed by atoms with van der Waals surface area (Å²) in [6, 6.07) is -0.677. The maximum absolute atomic E-state index is 12.2. The first-order chi connectivity index (χ1) is 10.6. The van der Waals surface area contributed by atoms with Crippen molar-refractivity contribution in [2.24, 2.45) is 0 Å². The molecule has 0 bridgehead atoms. The molecule has 0 aromatic carbocycles. The summed E-state index contributed by atoms with van der Waals surface area (Å²) in [6.45, 7) is 0.521. The SMILES string of the molecule is O=C(O)[C@@H]1CCCN1C(=O)CCc1nc(C2CCCC2)no1. The van der Waals surface area contributed by atoms with Crippen LogP contribution in [0.3, 0.4) is 0 Å². The Morgan fingerprint density at radius 1 is 1.23 bits per heavy atom. The first-order valence-corrected chi connectivity index (χ1v) is 8.00. The van der Waals surface area contributed by atoms with Crippen molar-refractivity contribution in [3.8, 4) is 0 Å². The van der Waals surface area contributed by atoms with E-state index in [1.165, 1.54) is 17.7 Å².